The van der Waals surface area contributed by atoms with Crippen LogP contribution in [0.15, 0.2) is 46.4 Å². The largest absolute Gasteiger partial charge is 0.457 e. The molecule has 8 heteroatoms. The van der Waals surface area contributed by atoms with Crippen LogP contribution in [0.2, 0.25) is 0 Å². The second-order valence-electron chi connectivity index (χ2n) is 7.01. The van der Waals surface area contributed by atoms with Crippen molar-refractivity contribution in [3.05, 3.63) is 80.2 Å². The Morgan fingerprint density at radius 3 is 2.45 bits per heavy atom. The van der Waals surface area contributed by atoms with Gasteiger partial charge in [0.05, 0.1) is 21.8 Å². The van der Waals surface area contributed by atoms with Crippen LogP contribution in [-0.2, 0) is 0 Å². The molecule has 2 N–H and O–H groups in total. The summed E-state index contributed by atoms with van der Waals surface area (Å²) in [6.07, 6.45) is 1.79. The lowest BCUT2D eigenvalue weighted by molar-refractivity contribution is -0.384. The molecule has 2 aromatic heterocycles. The molecule has 1 aliphatic rings. The summed E-state index contributed by atoms with van der Waals surface area (Å²) in [6, 6.07) is 13.9. The summed E-state index contributed by atoms with van der Waals surface area (Å²) in [5.41, 5.74) is 10.6. The van der Waals surface area contributed by atoms with E-state index >= 15 is 0 Å². The predicted octanol–water partition coefficient (Wildman–Crippen LogP) is 4.86. The standard InChI is InChI=1S/C23H15N5O3/c1-12-17(21-13(2)19(11-25)23(26)27-22(21)18(12)10-24)9-16-7-8-20(31-16)14-3-5-15(6-4-14)28(29)30/h3-9H,1-2H3,(H2,26,27)/b17-9+. The third-order valence-electron chi connectivity index (χ3n) is 5.26. The fourth-order valence-electron chi connectivity index (χ4n) is 3.67. The van der Waals surface area contributed by atoms with Gasteiger partial charge in [0.25, 0.3) is 5.69 Å². The molecule has 0 bridgehead atoms. The Bertz CT molecular complexity index is 1400. The van der Waals surface area contributed by atoms with Crippen LogP contribution < -0.4 is 5.73 Å². The SMILES string of the molecule is CC1=C(C#N)c2nc(N)c(C#N)c(C)c2/C1=C/c1ccc(-c2ccc([N+](=O)[O-])cc2)o1. The van der Waals surface area contributed by atoms with Crippen molar-refractivity contribution < 1.29 is 9.34 Å². The minimum absolute atomic E-state index is 0.000510. The maximum Gasteiger partial charge on any atom is 0.269 e. The van der Waals surface area contributed by atoms with Gasteiger partial charge < -0.3 is 10.2 Å². The average molecular weight is 409 g/mol. The first-order valence-corrected chi connectivity index (χ1v) is 9.24. The van der Waals surface area contributed by atoms with E-state index in [1.807, 2.05) is 6.92 Å². The number of hydrogen-bond acceptors (Lipinski definition) is 7. The zero-order chi connectivity index (χ0) is 22.3. The van der Waals surface area contributed by atoms with Crippen LogP contribution in [0.3, 0.4) is 0 Å². The average Bonchev–Trinajstić information content (AvgIpc) is 3.31. The van der Waals surface area contributed by atoms with E-state index in [1.165, 1.54) is 12.1 Å². The molecule has 0 saturated heterocycles. The fraction of sp³-hybridized carbons (Fsp3) is 0.0870. The van der Waals surface area contributed by atoms with Crippen molar-refractivity contribution in [3.8, 4) is 23.5 Å². The second kappa shape index (κ2) is 7.29. The molecule has 8 nitrogen and oxygen atoms in total. The smallest absolute Gasteiger partial charge is 0.269 e. The zero-order valence-electron chi connectivity index (χ0n) is 16.6. The number of nitrogens with zero attached hydrogens (tertiary/aromatic N) is 4. The first-order valence-electron chi connectivity index (χ1n) is 9.24. The topological polar surface area (TPSA) is 143 Å². The number of nitrogens with two attached hydrogens (primary N) is 1. The van der Waals surface area contributed by atoms with Crippen molar-refractivity contribution in [1.82, 2.24) is 4.98 Å². The van der Waals surface area contributed by atoms with Gasteiger partial charge in [-0.1, -0.05) is 0 Å². The van der Waals surface area contributed by atoms with Crippen LogP contribution in [0, 0.1) is 39.7 Å². The van der Waals surface area contributed by atoms with Crippen molar-refractivity contribution in [1.29, 1.82) is 10.5 Å². The molecule has 0 radical (unpaired) electrons. The highest BCUT2D eigenvalue weighted by Gasteiger charge is 2.29. The summed E-state index contributed by atoms with van der Waals surface area (Å²) in [5, 5.41) is 29.9. The Morgan fingerprint density at radius 2 is 1.84 bits per heavy atom. The maximum absolute atomic E-state index is 10.8. The van der Waals surface area contributed by atoms with E-state index < -0.39 is 4.92 Å². The molecule has 0 amide bonds. The van der Waals surface area contributed by atoms with Crippen LogP contribution in [0.25, 0.3) is 28.5 Å². The Morgan fingerprint density at radius 1 is 1.13 bits per heavy atom. The van der Waals surface area contributed by atoms with Gasteiger partial charge in [-0.05, 0) is 60.9 Å². The van der Waals surface area contributed by atoms with Gasteiger partial charge >= 0.3 is 0 Å². The van der Waals surface area contributed by atoms with Gasteiger partial charge in [-0.15, -0.1) is 0 Å². The number of furan rings is 1. The van der Waals surface area contributed by atoms with Crippen LogP contribution in [0.5, 0.6) is 0 Å². The molecule has 0 spiro atoms. The van der Waals surface area contributed by atoms with Gasteiger partial charge in [0.1, 0.15) is 29.5 Å². The van der Waals surface area contributed by atoms with Gasteiger partial charge in [-0.3, -0.25) is 10.1 Å². The van der Waals surface area contributed by atoms with Crippen LogP contribution >= 0.6 is 0 Å². The summed E-state index contributed by atoms with van der Waals surface area (Å²) in [5.74, 6) is 1.17. The molecule has 2 heterocycles. The van der Waals surface area contributed by atoms with Crippen LogP contribution in [-0.4, -0.2) is 9.91 Å². The van der Waals surface area contributed by atoms with E-state index in [1.54, 1.807) is 37.3 Å². The van der Waals surface area contributed by atoms with Gasteiger partial charge in [0.15, 0.2) is 0 Å². The number of allylic oxidation sites excluding steroid dienone is 3. The van der Waals surface area contributed by atoms with Crippen molar-refractivity contribution >= 4 is 28.7 Å². The molecule has 4 rings (SSSR count). The lowest BCUT2D eigenvalue weighted by Crippen LogP contribution is -2.03. The highest BCUT2D eigenvalue weighted by atomic mass is 16.6. The first-order chi connectivity index (χ1) is 14.8. The molecule has 3 aromatic rings. The Labute approximate surface area is 177 Å². The number of nitrogen functional groups attached to an aromatic ring is 1. The van der Waals surface area contributed by atoms with Gasteiger partial charge in [0, 0.05) is 23.3 Å². The normalized spacial score (nSPS) is 13.7. The van der Waals surface area contributed by atoms with E-state index in [4.69, 9.17) is 10.2 Å². The molecule has 0 atom stereocenters. The molecule has 0 fully saturated rings. The van der Waals surface area contributed by atoms with E-state index in [0.29, 0.717) is 39.5 Å². The van der Waals surface area contributed by atoms with E-state index in [9.17, 15) is 20.6 Å². The number of nitro groups is 1. The van der Waals surface area contributed by atoms with Crippen molar-refractivity contribution in [2.75, 3.05) is 5.73 Å². The van der Waals surface area contributed by atoms with Crippen molar-refractivity contribution in [3.63, 3.8) is 0 Å². The maximum atomic E-state index is 10.8. The quantitative estimate of drug-likeness (QED) is 0.480. The zero-order valence-corrected chi connectivity index (χ0v) is 16.6. The molecule has 0 unspecified atom stereocenters. The number of hydrogen-bond donors (Lipinski definition) is 1. The highest BCUT2D eigenvalue weighted by Crippen LogP contribution is 2.44. The van der Waals surface area contributed by atoms with E-state index in [0.717, 1.165) is 11.1 Å². The number of fused-ring (bicyclic) bond motifs is 1. The number of anilines is 1. The predicted molar refractivity (Wildman–Crippen MR) is 115 cm³/mol. The van der Waals surface area contributed by atoms with Gasteiger partial charge in [-0.25, -0.2) is 4.98 Å². The Balaban J connectivity index is 1.81. The number of rotatable bonds is 3. The first kappa shape index (κ1) is 19.6. The van der Waals surface area contributed by atoms with Gasteiger partial charge in [-0.2, -0.15) is 10.5 Å². The molecule has 0 saturated carbocycles. The Kier molecular flexibility index (Phi) is 4.61. The van der Waals surface area contributed by atoms with Crippen molar-refractivity contribution in [2.24, 2.45) is 0 Å². The molecule has 31 heavy (non-hydrogen) atoms. The van der Waals surface area contributed by atoms with Crippen molar-refractivity contribution in [2.45, 2.75) is 13.8 Å². The number of benzene rings is 1. The number of nitro benzene ring substituents is 1. The fourth-order valence-corrected chi connectivity index (χ4v) is 3.67. The minimum Gasteiger partial charge on any atom is -0.457 e. The van der Waals surface area contributed by atoms with Gasteiger partial charge in [0.2, 0.25) is 0 Å². The molecule has 1 aromatic carbocycles. The molecule has 0 aliphatic heterocycles. The third kappa shape index (κ3) is 3.13. The molecular formula is C23H15N5O3. The third-order valence-corrected chi connectivity index (χ3v) is 5.26. The number of nitriles is 2. The highest BCUT2D eigenvalue weighted by molar-refractivity contribution is 6.08. The molecule has 150 valence electrons. The minimum atomic E-state index is -0.459. The summed E-state index contributed by atoms with van der Waals surface area (Å²) in [6.45, 7) is 3.59. The number of aromatic nitrogens is 1. The molecular weight excluding hydrogens is 394 g/mol. The summed E-state index contributed by atoms with van der Waals surface area (Å²) in [4.78, 5) is 14.7. The molecule has 1 aliphatic carbocycles. The van der Waals surface area contributed by atoms with E-state index in [2.05, 4.69) is 17.1 Å². The van der Waals surface area contributed by atoms with Crippen LogP contribution in [0.4, 0.5) is 11.5 Å². The van der Waals surface area contributed by atoms with E-state index in [-0.39, 0.29) is 17.1 Å². The lowest BCUT2D eigenvalue weighted by atomic mass is 9.96. The Hall–Kier alpha value is -4.69. The number of pyridine rings is 1. The second-order valence-corrected chi connectivity index (χ2v) is 7.01. The summed E-state index contributed by atoms with van der Waals surface area (Å²) in [7, 11) is 0. The lowest BCUT2D eigenvalue weighted by Gasteiger charge is -2.10. The monoisotopic (exact) mass is 409 g/mol. The van der Waals surface area contributed by atoms with Crippen LogP contribution in [0.1, 0.15) is 35.1 Å². The number of non-ortho nitro benzene ring substituents is 1. The summed E-state index contributed by atoms with van der Waals surface area (Å²) < 4.78 is 5.92. The summed E-state index contributed by atoms with van der Waals surface area (Å²) >= 11 is 0.